The van der Waals surface area contributed by atoms with E-state index < -0.39 is 12.6 Å². The zero-order valence-electron chi connectivity index (χ0n) is 9.11. The molecule has 1 aliphatic heterocycles. The summed E-state index contributed by atoms with van der Waals surface area (Å²) < 4.78 is 35.8. The zero-order valence-corrected chi connectivity index (χ0v) is 9.11. The number of hydrogen-bond acceptors (Lipinski definition) is 2. The van der Waals surface area contributed by atoms with E-state index in [0.29, 0.717) is 12.6 Å². The van der Waals surface area contributed by atoms with Crippen molar-refractivity contribution in [1.82, 2.24) is 10.2 Å². The van der Waals surface area contributed by atoms with Crippen molar-refractivity contribution in [3.05, 3.63) is 0 Å². The highest BCUT2D eigenvalue weighted by molar-refractivity contribution is 4.76. The molecule has 1 aliphatic rings. The third-order valence-electron chi connectivity index (χ3n) is 2.87. The predicted octanol–water partition coefficient (Wildman–Crippen LogP) is 2.01. The monoisotopic (exact) mass is 224 g/mol. The summed E-state index contributed by atoms with van der Waals surface area (Å²) in [5.74, 6) is 0. The molecule has 1 unspecified atom stereocenters. The van der Waals surface area contributed by atoms with Crippen LogP contribution in [0.15, 0.2) is 0 Å². The summed E-state index contributed by atoms with van der Waals surface area (Å²) in [7, 11) is 1.91. The lowest BCUT2D eigenvalue weighted by Gasteiger charge is -2.31. The normalized spacial score (nSPS) is 23.4. The van der Waals surface area contributed by atoms with Crippen molar-refractivity contribution in [2.45, 2.75) is 37.9 Å². The molecule has 5 heteroatoms. The molecule has 0 aromatic rings. The maximum Gasteiger partial charge on any atom is 0.389 e. The number of halogens is 3. The van der Waals surface area contributed by atoms with E-state index in [4.69, 9.17) is 0 Å². The van der Waals surface area contributed by atoms with Crippen molar-refractivity contribution in [3.63, 3.8) is 0 Å². The highest BCUT2D eigenvalue weighted by Gasteiger charge is 2.27. The number of rotatable bonds is 4. The van der Waals surface area contributed by atoms with E-state index in [1.165, 1.54) is 0 Å². The lowest BCUT2D eigenvalue weighted by atomic mass is 10.1. The molecule has 0 saturated carbocycles. The second-order valence-electron chi connectivity index (χ2n) is 4.20. The Balaban J connectivity index is 2.14. The number of nitrogens with one attached hydrogen (secondary N) is 1. The van der Waals surface area contributed by atoms with E-state index in [1.807, 2.05) is 11.9 Å². The molecule has 2 nitrogen and oxygen atoms in total. The molecule has 0 amide bonds. The van der Waals surface area contributed by atoms with Gasteiger partial charge in [0.1, 0.15) is 0 Å². The highest BCUT2D eigenvalue weighted by atomic mass is 19.4. The highest BCUT2D eigenvalue weighted by Crippen LogP contribution is 2.21. The van der Waals surface area contributed by atoms with Gasteiger partial charge in [0.25, 0.3) is 0 Å². The molecule has 1 heterocycles. The Morgan fingerprint density at radius 3 is 2.67 bits per heavy atom. The van der Waals surface area contributed by atoms with Gasteiger partial charge in [-0.25, -0.2) is 0 Å². The first-order chi connectivity index (χ1) is 6.99. The Bertz CT molecular complexity index is 176. The smallest absolute Gasteiger partial charge is 0.315 e. The number of hydrogen-bond donors (Lipinski definition) is 1. The van der Waals surface area contributed by atoms with Crippen LogP contribution >= 0.6 is 0 Å². The van der Waals surface area contributed by atoms with Crippen LogP contribution in [0.25, 0.3) is 0 Å². The molecular formula is C10H19F3N2. The summed E-state index contributed by atoms with van der Waals surface area (Å²) in [6.07, 6.45) is -2.26. The molecule has 1 rings (SSSR count). The lowest BCUT2D eigenvalue weighted by Crippen LogP contribution is -2.44. The van der Waals surface area contributed by atoms with E-state index in [2.05, 4.69) is 5.32 Å². The van der Waals surface area contributed by atoms with E-state index in [0.717, 1.165) is 25.9 Å². The van der Waals surface area contributed by atoms with Gasteiger partial charge < -0.3 is 10.2 Å². The third-order valence-corrected chi connectivity index (χ3v) is 2.87. The molecule has 90 valence electrons. The first-order valence-corrected chi connectivity index (χ1v) is 5.47. The Kier molecular flexibility index (Phi) is 4.86. The average Bonchev–Trinajstić information content (AvgIpc) is 2.17. The maximum absolute atomic E-state index is 11.9. The van der Waals surface area contributed by atoms with E-state index in [9.17, 15) is 13.2 Å². The van der Waals surface area contributed by atoms with Gasteiger partial charge in [0.15, 0.2) is 0 Å². The fraction of sp³-hybridized carbons (Fsp3) is 1.00. The average molecular weight is 224 g/mol. The van der Waals surface area contributed by atoms with Crippen LogP contribution in [0.3, 0.4) is 0 Å². The van der Waals surface area contributed by atoms with Crippen molar-refractivity contribution < 1.29 is 13.2 Å². The minimum absolute atomic E-state index is 0.205. The Morgan fingerprint density at radius 2 is 2.13 bits per heavy atom. The summed E-state index contributed by atoms with van der Waals surface area (Å²) >= 11 is 0. The third kappa shape index (κ3) is 5.37. The van der Waals surface area contributed by atoms with Crippen LogP contribution in [0, 0.1) is 0 Å². The van der Waals surface area contributed by atoms with Gasteiger partial charge in [0, 0.05) is 19.0 Å². The van der Waals surface area contributed by atoms with Crippen molar-refractivity contribution in [2.75, 3.05) is 26.7 Å². The minimum Gasteiger partial charge on any atom is -0.315 e. The molecule has 1 atom stereocenters. The standard InChI is InChI=1S/C10H19F3N2/c1-15(7-3-5-10(11,12)13)9-4-2-6-14-8-9/h9,14H,2-8H2,1H3. The van der Waals surface area contributed by atoms with Crippen LogP contribution in [-0.4, -0.2) is 43.8 Å². The van der Waals surface area contributed by atoms with Crippen LogP contribution in [0.5, 0.6) is 0 Å². The molecule has 1 saturated heterocycles. The van der Waals surface area contributed by atoms with Crippen LogP contribution in [0.1, 0.15) is 25.7 Å². The first-order valence-electron chi connectivity index (χ1n) is 5.47. The van der Waals surface area contributed by atoms with Crippen molar-refractivity contribution >= 4 is 0 Å². The van der Waals surface area contributed by atoms with Crippen LogP contribution in [-0.2, 0) is 0 Å². The van der Waals surface area contributed by atoms with Crippen molar-refractivity contribution in [1.29, 1.82) is 0 Å². The van der Waals surface area contributed by atoms with Crippen molar-refractivity contribution in [3.8, 4) is 0 Å². The lowest BCUT2D eigenvalue weighted by molar-refractivity contribution is -0.136. The quantitative estimate of drug-likeness (QED) is 0.786. The predicted molar refractivity (Wildman–Crippen MR) is 53.8 cm³/mol. The Labute approximate surface area is 88.8 Å². The SMILES string of the molecule is CN(CCCC(F)(F)F)C1CCCNC1. The summed E-state index contributed by atoms with van der Waals surface area (Å²) in [6.45, 7) is 2.47. The van der Waals surface area contributed by atoms with E-state index in [-0.39, 0.29) is 6.42 Å². The second kappa shape index (κ2) is 5.70. The Morgan fingerprint density at radius 1 is 1.40 bits per heavy atom. The van der Waals surface area contributed by atoms with Crippen LogP contribution in [0.2, 0.25) is 0 Å². The van der Waals surface area contributed by atoms with Crippen LogP contribution in [0.4, 0.5) is 13.2 Å². The van der Waals surface area contributed by atoms with E-state index >= 15 is 0 Å². The van der Waals surface area contributed by atoms with Gasteiger partial charge in [-0.15, -0.1) is 0 Å². The van der Waals surface area contributed by atoms with Gasteiger partial charge >= 0.3 is 6.18 Å². The second-order valence-corrected chi connectivity index (χ2v) is 4.20. The molecule has 1 fully saturated rings. The fourth-order valence-electron chi connectivity index (χ4n) is 1.92. The molecule has 0 bridgehead atoms. The van der Waals surface area contributed by atoms with Gasteiger partial charge in [-0.2, -0.15) is 13.2 Å². The summed E-state index contributed by atoms with van der Waals surface area (Å²) in [4.78, 5) is 2.04. The maximum atomic E-state index is 11.9. The fourth-order valence-corrected chi connectivity index (χ4v) is 1.92. The van der Waals surface area contributed by atoms with Gasteiger partial charge in [-0.3, -0.25) is 0 Å². The molecular weight excluding hydrogens is 205 g/mol. The zero-order chi connectivity index (χ0) is 11.3. The molecule has 0 aromatic carbocycles. The number of alkyl halides is 3. The number of nitrogens with zero attached hydrogens (tertiary/aromatic N) is 1. The first kappa shape index (κ1) is 12.8. The molecule has 1 N–H and O–H groups in total. The van der Waals surface area contributed by atoms with Crippen LogP contribution < -0.4 is 5.32 Å². The summed E-state index contributed by atoms with van der Waals surface area (Å²) in [5, 5.41) is 3.26. The minimum atomic E-state index is -4.01. The van der Waals surface area contributed by atoms with Gasteiger partial charge in [0.2, 0.25) is 0 Å². The number of piperidine rings is 1. The van der Waals surface area contributed by atoms with Gasteiger partial charge in [0.05, 0.1) is 0 Å². The van der Waals surface area contributed by atoms with E-state index in [1.54, 1.807) is 0 Å². The summed E-state index contributed by atoms with van der Waals surface area (Å²) in [5.41, 5.74) is 0. The molecule has 0 aliphatic carbocycles. The number of likely N-dealkylation sites (N-methyl/N-ethyl adjacent to an activating group) is 1. The molecule has 0 spiro atoms. The molecule has 15 heavy (non-hydrogen) atoms. The largest absolute Gasteiger partial charge is 0.389 e. The Hall–Kier alpha value is -0.290. The molecule has 0 aromatic heterocycles. The molecule has 0 radical (unpaired) electrons. The van der Waals surface area contributed by atoms with Gasteiger partial charge in [-0.1, -0.05) is 0 Å². The summed E-state index contributed by atoms with van der Waals surface area (Å²) in [6, 6.07) is 0.409. The van der Waals surface area contributed by atoms with Gasteiger partial charge in [-0.05, 0) is 39.4 Å². The topological polar surface area (TPSA) is 15.3 Å². The van der Waals surface area contributed by atoms with Crippen molar-refractivity contribution in [2.24, 2.45) is 0 Å².